The first-order valence-electron chi connectivity index (χ1n) is 13.0. The van der Waals surface area contributed by atoms with E-state index in [2.05, 4.69) is 16.0 Å². The van der Waals surface area contributed by atoms with Crippen molar-refractivity contribution in [1.29, 1.82) is 0 Å². The van der Waals surface area contributed by atoms with Crippen LogP contribution in [-0.4, -0.2) is 67.7 Å². The molecule has 0 radical (unpaired) electrons. The quantitative estimate of drug-likeness (QED) is 0.572. The minimum atomic E-state index is -0.324. The average Bonchev–Trinajstić information content (AvgIpc) is 2.86. The average molecular weight is 487 g/mol. The lowest BCUT2D eigenvalue weighted by Crippen LogP contribution is -2.54. The molecule has 1 aromatic carbocycles. The third-order valence-corrected chi connectivity index (χ3v) is 7.33. The number of nitrogens with one attached hydrogen (secondary N) is 3. The highest BCUT2D eigenvalue weighted by atomic mass is 16.5. The number of amides is 4. The van der Waals surface area contributed by atoms with E-state index in [1.165, 1.54) is 32.1 Å². The lowest BCUT2D eigenvalue weighted by Gasteiger charge is -2.42. The highest BCUT2D eigenvalue weighted by Gasteiger charge is 2.39. The second-order valence-corrected chi connectivity index (χ2v) is 9.88. The number of benzene rings is 1. The second-order valence-electron chi connectivity index (χ2n) is 9.88. The zero-order valence-electron chi connectivity index (χ0n) is 20.8. The monoisotopic (exact) mass is 486 g/mol. The van der Waals surface area contributed by atoms with Gasteiger partial charge in [0.2, 0.25) is 5.91 Å². The van der Waals surface area contributed by atoms with E-state index in [-0.39, 0.29) is 36.1 Å². The van der Waals surface area contributed by atoms with Crippen LogP contribution in [0.1, 0.15) is 68.6 Å². The standard InChI is InChI=1S/C26H38N4O5/c1-3-27-26(33)29-18-9-12-22-20(13-18)25(32)30(2)21-11-10-19(35-23(21)16-34-22)14-24(31)28-15-17-7-5-4-6-8-17/h9,12-13,17,19,21,23H,3-8,10-11,14-16H2,1-2H3,(H,28,31)(H2,27,29,33)/t19-,21+,23-/m0/s1. The Balaban J connectivity index is 1.35. The van der Waals surface area contributed by atoms with Crippen molar-refractivity contribution < 1.29 is 23.9 Å². The predicted octanol–water partition coefficient (Wildman–Crippen LogP) is 3.30. The number of ether oxygens (including phenoxy) is 2. The van der Waals surface area contributed by atoms with E-state index < -0.39 is 0 Å². The molecule has 4 amide bonds. The number of likely N-dealkylation sites (N-methyl/N-ethyl adjacent to an activating group) is 1. The summed E-state index contributed by atoms with van der Waals surface area (Å²) in [6.45, 7) is 3.39. The van der Waals surface area contributed by atoms with Crippen LogP contribution in [-0.2, 0) is 9.53 Å². The molecule has 9 nitrogen and oxygen atoms in total. The molecule has 0 spiro atoms. The Morgan fingerprint density at radius 1 is 1.09 bits per heavy atom. The van der Waals surface area contributed by atoms with Gasteiger partial charge in [-0.25, -0.2) is 4.79 Å². The summed E-state index contributed by atoms with van der Waals surface area (Å²) in [6, 6.07) is 4.59. The van der Waals surface area contributed by atoms with E-state index in [4.69, 9.17) is 9.47 Å². The van der Waals surface area contributed by atoms with Crippen LogP contribution in [0.15, 0.2) is 18.2 Å². The molecular formula is C26H38N4O5. The SMILES string of the molecule is CCNC(=O)Nc1ccc2c(c1)C(=O)N(C)[C@@H]1CC[C@@H](CC(=O)NCC3CCCCC3)O[C@H]1CO2. The van der Waals surface area contributed by atoms with Gasteiger partial charge in [0, 0.05) is 25.8 Å². The fraction of sp³-hybridized carbons (Fsp3) is 0.654. The molecular weight excluding hydrogens is 448 g/mol. The van der Waals surface area contributed by atoms with Crippen molar-refractivity contribution in [3.05, 3.63) is 23.8 Å². The molecule has 3 N–H and O–H groups in total. The van der Waals surface area contributed by atoms with Crippen molar-refractivity contribution in [1.82, 2.24) is 15.5 Å². The molecule has 2 aliphatic heterocycles. The van der Waals surface area contributed by atoms with Gasteiger partial charge >= 0.3 is 6.03 Å². The Hall–Kier alpha value is -2.81. The van der Waals surface area contributed by atoms with Gasteiger partial charge in [-0.15, -0.1) is 0 Å². The van der Waals surface area contributed by atoms with Crippen LogP contribution in [0, 0.1) is 5.92 Å². The number of hydrogen-bond acceptors (Lipinski definition) is 5. The number of anilines is 1. The second kappa shape index (κ2) is 11.7. The summed E-state index contributed by atoms with van der Waals surface area (Å²) in [5.74, 6) is 0.909. The van der Waals surface area contributed by atoms with Gasteiger partial charge in [-0.2, -0.15) is 0 Å². The highest BCUT2D eigenvalue weighted by Crippen LogP contribution is 2.32. The Labute approximate surface area is 207 Å². The molecule has 0 bridgehead atoms. The predicted molar refractivity (Wildman–Crippen MR) is 133 cm³/mol. The maximum Gasteiger partial charge on any atom is 0.319 e. The van der Waals surface area contributed by atoms with Crippen LogP contribution >= 0.6 is 0 Å². The molecule has 9 heteroatoms. The Morgan fingerprint density at radius 3 is 2.66 bits per heavy atom. The van der Waals surface area contributed by atoms with Crippen LogP contribution < -0.4 is 20.7 Å². The van der Waals surface area contributed by atoms with Gasteiger partial charge in [0.15, 0.2) is 0 Å². The van der Waals surface area contributed by atoms with Gasteiger partial charge in [-0.05, 0) is 56.7 Å². The van der Waals surface area contributed by atoms with Crippen LogP contribution in [0.2, 0.25) is 0 Å². The van der Waals surface area contributed by atoms with E-state index in [1.54, 1.807) is 30.1 Å². The number of carbonyl (C=O) groups is 3. The normalized spacial score (nSPS) is 24.8. The molecule has 1 saturated heterocycles. The zero-order chi connectivity index (χ0) is 24.8. The van der Waals surface area contributed by atoms with Crippen molar-refractivity contribution >= 4 is 23.5 Å². The summed E-state index contributed by atoms with van der Waals surface area (Å²) < 4.78 is 12.3. The van der Waals surface area contributed by atoms with Crippen LogP contribution in [0.4, 0.5) is 10.5 Å². The van der Waals surface area contributed by atoms with Gasteiger partial charge in [-0.1, -0.05) is 19.3 Å². The maximum atomic E-state index is 13.3. The minimum Gasteiger partial charge on any atom is -0.490 e. The van der Waals surface area contributed by atoms with E-state index in [9.17, 15) is 14.4 Å². The molecule has 4 rings (SSSR count). The number of fused-ring (bicyclic) bond motifs is 2. The molecule has 1 aliphatic carbocycles. The Morgan fingerprint density at radius 2 is 1.89 bits per heavy atom. The lowest BCUT2D eigenvalue weighted by atomic mass is 9.89. The van der Waals surface area contributed by atoms with Crippen LogP contribution in [0.25, 0.3) is 0 Å². The summed E-state index contributed by atoms with van der Waals surface area (Å²) >= 11 is 0. The maximum absolute atomic E-state index is 13.3. The van der Waals surface area contributed by atoms with Crippen molar-refractivity contribution in [2.75, 3.05) is 32.1 Å². The molecule has 2 heterocycles. The van der Waals surface area contributed by atoms with E-state index in [1.807, 2.05) is 6.92 Å². The Bertz CT molecular complexity index is 917. The van der Waals surface area contributed by atoms with Crippen molar-refractivity contribution in [2.45, 2.75) is 76.5 Å². The fourth-order valence-corrected chi connectivity index (χ4v) is 5.37. The highest BCUT2D eigenvalue weighted by molar-refractivity contribution is 5.99. The van der Waals surface area contributed by atoms with E-state index in [0.717, 1.165) is 13.0 Å². The number of hydrogen-bond donors (Lipinski definition) is 3. The fourth-order valence-electron chi connectivity index (χ4n) is 5.37. The zero-order valence-corrected chi connectivity index (χ0v) is 20.8. The Kier molecular flexibility index (Phi) is 8.49. The molecule has 1 aromatic rings. The van der Waals surface area contributed by atoms with E-state index >= 15 is 0 Å². The van der Waals surface area contributed by atoms with Crippen molar-refractivity contribution in [3.63, 3.8) is 0 Å². The summed E-state index contributed by atoms with van der Waals surface area (Å²) in [5.41, 5.74) is 0.931. The van der Waals surface area contributed by atoms with Gasteiger partial charge in [0.1, 0.15) is 18.5 Å². The smallest absolute Gasteiger partial charge is 0.319 e. The topological polar surface area (TPSA) is 109 Å². The molecule has 0 unspecified atom stereocenters. The molecule has 1 saturated carbocycles. The van der Waals surface area contributed by atoms with Gasteiger partial charge in [0.05, 0.1) is 24.1 Å². The van der Waals surface area contributed by atoms with E-state index in [0.29, 0.717) is 48.9 Å². The molecule has 3 aliphatic rings. The molecule has 192 valence electrons. The third-order valence-electron chi connectivity index (χ3n) is 7.33. The summed E-state index contributed by atoms with van der Waals surface area (Å²) in [6.07, 6.45) is 7.52. The third kappa shape index (κ3) is 6.45. The summed E-state index contributed by atoms with van der Waals surface area (Å²) in [4.78, 5) is 39.4. The van der Waals surface area contributed by atoms with Gasteiger partial charge in [0.25, 0.3) is 5.91 Å². The van der Waals surface area contributed by atoms with Crippen LogP contribution in [0.3, 0.4) is 0 Å². The largest absolute Gasteiger partial charge is 0.490 e. The first-order valence-corrected chi connectivity index (χ1v) is 13.0. The van der Waals surface area contributed by atoms with Crippen LogP contribution in [0.5, 0.6) is 5.75 Å². The van der Waals surface area contributed by atoms with Crippen molar-refractivity contribution in [3.8, 4) is 5.75 Å². The van der Waals surface area contributed by atoms with Gasteiger partial charge < -0.3 is 30.3 Å². The molecule has 3 atom stereocenters. The number of nitrogens with zero attached hydrogens (tertiary/aromatic N) is 1. The summed E-state index contributed by atoms with van der Waals surface area (Å²) in [5, 5.41) is 8.51. The summed E-state index contributed by atoms with van der Waals surface area (Å²) in [7, 11) is 1.78. The minimum absolute atomic E-state index is 0.0349. The first-order chi connectivity index (χ1) is 16.9. The molecule has 0 aromatic heterocycles. The number of urea groups is 1. The molecule has 2 fully saturated rings. The lowest BCUT2D eigenvalue weighted by molar-refractivity contribution is -0.134. The first kappa shape index (κ1) is 25.3. The van der Waals surface area contributed by atoms with Crippen molar-refractivity contribution in [2.24, 2.45) is 5.92 Å². The number of rotatable bonds is 6. The van der Waals surface area contributed by atoms with Gasteiger partial charge in [-0.3, -0.25) is 9.59 Å². The molecule has 35 heavy (non-hydrogen) atoms. The number of carbonyl (C=O) groups excluding carboxylic acids is 3.